The second-order valence-corrected chi connectivity index (χ2v) is 6.91. The Labute approximate surface area is 164 Å². The van der Waals surface area contributed by atoms with E-state index in [4.69, 9.17) is 0 Å². The molecule has 0 unspecified atom stereocenters. The maximum atomic E-state index is 13.8. The second kappa shape index (κ2) is 8.25. The molecule has 28 heavy (non-hydrogen) atoms. The van der Waals surface area contributed by atoms with E-state index in [1.54, 1.807) is 12.1 Å². The Morgan fingerprint density at radius 3 is 2.32 bits per heavy atom. The highest BCUT2D eigenvalue weighted by atomic mass is 19.1. The van der Waals surface area contributed by atoms with Gasteiger partial charge in [0.15, 0.2) is 0 Å². The van der Waals surface area contributed by atoms with Crippen LogP contribution < -0.4 is 15.1 Å². The van der Waals surface area contributed by atoms with Crippen molar-refractivity contribution in [2.24, 2.45) is 0 Å². The van der Waals surface area contributed by atoms with Crippen molar-refractivity contribution in [1.29, 1.82) is 0 Å². The molecular formula is C22H24FN5. The Kier molecular flexibility index (Phi) is 5.37. The van der Waals surface area contributed by atoms with Gasteiger partial charge in [-0.1, -0.05) is 36.4 Å². The van der Waals surface area contributed by atoms with E-state index in [9.17, 15) is 4.39 Å². The Balaban J connectivity index is 1.42. The summed E-state index contributed by atoms with van der Waals surface area (Å²) in [7, 11) is 0. The SMILES string of the molecule is Cc1nc(NCc2ccccc2F)cc(N2CCN(c3ccccc3)CC2)n1. The van der Waals surface area contributed by atoms with E-state index in [0.717, 1.165) is 37.8 Å². The minimum Gasteiger partial charge on any atom is -0.368 e. The zero-order valence-corrected chi connectivity index (χ0v) is 16.0. The Morgan fingerprint density at radius 2 is 1.57 bits per heavy atom. The number of nitrogens with zero attached hydrogens (tertiary/aromatic N) is 4. The van der Waals surface area contributed by atoms with Crippen LogP contribution in [0.5, 0.6) is 0 Å². The standard InChI is InChI=1S/C22H24FN5/c1-17-25-21(24-16-18-7-5-6-10-20(18)23)15-22(26-17)28-13-11-27(12-14-28)19-8-3-2-4-9-19/h2-10,15H,11-14,16H2,1H3,(H,24,25,26). The largest absolute Gasteiger partial charge is 0.368 e. The fraction of sp³-hybridized carbons (Fsp3) is 0.273. The third-order valence-corrected chi connectivity index (χ3v) is 4.97. The maximum Gasteiger partial charge on any atom is 0.134 e. The van der Waals surface area contributed by atoms with Gasteiger partial charge in [0, 0.05) is 50.0 Å². The number of para-hydroxylation sites is 1. The fourth-order valence-electron chi connectivity index (χ4n) is 3.46. The molecule has 0 radical (unpaired) electrons. The number of hydrogen-bond donors (Lipinski definition) is 1. The molecule has 0 aliphatic carbocycles. The van der Waals surface area contributed by atoms with Crippen molar-refractivity contribution in [2.45, 2.75) is 13.5 Å². The summed E-state index contributed by atoms with van der Waals surface area (Å²) in [4.78, 5) is 13.7. The molecule has 0 spiro atoms. The van der Waals surface area contributed by atoms with Crippen LogP contribution in [0.3, 0.4) is 0 Å². The molecule has 0 amide bonds. The minimum absolute atomic E-state index is 0.210. The summed E-state index contributed by atoms with van der Waals surface area (Å²) in [6.45, 7) is 5.98. The van der Waals surface area contributed by atoms with Crippen molar-refractivity contribution in [3.63, 3.8) is 0 Å². The van der Waals surface area contributed by atoms with E-state index in [2.05, 4.69) is 49.4 Å². The Morgan fingerprint density at radius 1 is 0.893 bits per heavy atom. The normalized spacial score (nSPS) is 14.2. The molecule has 0 bridgehead atoms. The summed E-state index contributed by atoms with van der Waals surface area (Å²) in [6, 6.07) is 19.2. The number of hydrogen-bond acceptors (Lipinski definition) is 5. The average molecular weight is 377 g/mol. The number of nitrogens with one attached hydrogen (secondary N) is 1. The predicted molar refractivity (Wildman–Crippen MR) is 111 cm³/mol. The quantitative estimate of drug-likeness (QED) is 0.731. The van der Waals surface area contributed by atoms with Crippen LogP contribution in [0.25, 0.3) is 0 Å². The van der Waals surface area contributed by atoms with Crippen LogP contribution in [0.2, 0.25) is 0 Å². The van der Waals surface area contributed by atoms with Gasteiger partial charge in [0.25, 0.3) is 0 Å². The lowest BCUT2D eigenvalue weighted by atomic mass is 10.2. The fourth-order valence-corrected chi connectivity index (χ4v) is 3.46. The topological polar surface area (TPSA) is 44.3 Å². The maximum absolute atomic E-state index is 13.8. The number of benzene rings is 2. The van der Waals surface area contributed by atoms with E-state index in [1.165, 1.54) is 11.8 Å². The first-order valence-corrected chi connectivity index (χ1v) is 9.57. The number of piperazine rings is 1. The van der Waals surface area contributed by atoms with E-state index < -0.39 is 0 Å². The van der Waals surface area contributed by atoms with Crippen LogP contribution in [-0.4, -0.2) is 36.1 Å². The van der Waals surface area contributed by atoms with Gasteiger partial charge in [0.05, 0.1) is 0 Å². The summed E-state index contributed by atoms with van der Waals surface area (Å²) >= 11 is 0. The van der Waals surface area contributed by atoms with Gasteiger partial charge >= 0.3 is 0 Å². The first-order chi connectivity index (χ1) is 13.7. The number of anilines is 3. The highest BCUT2D eigenvalue weighted by Crippen LogP contribution is 2.21. The molecule has 1 aliphatic heterocycles. The van der Waals surface area contributed by atoms with E-state index in [1.807, 2.05) is 25.1 Å². The zero-order valence-electron chi connectivity index (χ0n) is 16.0. The van der Waals surface area contributed by atoms with Crippen molar-refractivity contribution in [1.82, 2.24) is 9.97 Å². The molecule has 4 rings (SSSR count). The molecule has 3 aromatic rings. The van der Waals surface area contributed by atoms with Crippen molar-refractivity contribution in [2.75, 3.05) is 41.3 Å². The van der Waals surface area contributed by atoms with Gasteiger partial charge in [-0.2, -0.15) is 0 Å². The van der Waals surface area contributed by atoms with Crippen molar-refractivity contribution >= 4 is 17.3 Å². The smallest absolute Gasteiger partial charge is 0.134 e. The molecule has 0 atom stereocenters. The van der Waals surface area contributed by atoms with Crippen molar-refractivity contribution < 1.29 is 4.39 Å². The van der Waals surface area contributed by atoms with E-state index in [0.29, 0.717) is 17.9 Å². The van der Waals surface area contributed by atoms with Gasteiger partial charge in [0.2, 0.25) is 0 Å². The second-order valence-electron chi connectivity index (χ2n) is 6.91. The van der Waals surface area contributed by atoms with Crippen molar-refractivity contribution in [3.8, 4) is 0 Å². The highest BCUT2D eigenvalue weighted by Gasteiger charge is 2.19. The third kappa shape index (κ3) is 4.22. The van der Waals surface area contributed by atoms with Gasteiger partial charge < -0.3 is 15.1 Å². The molecule has 1 fully saturated rings. The lowest BCUT2D eigenvalue weighted by molar-refractivity contribution is 0.613. The molecule has 1 saturated heterocycles. The van der Waals surface area contributed by atoms with Crippen LogP contribution in [0.4, 0.5) is 21.7 Å². The molecule has 6 heteroatoms. The van der Waals surface area contributed by atoms with Crippen LogP contribution in [-0.2, 0) is 6.54 Å². The minimum atomic E-state index is -0.210. The third-order valence-electron chi connectivity index (χ3n) is 4.97. The summed E-state index contributed by atoms with van der Waals surface area (Å²) in [5.74, 6) is 2.13. The van der Waals surface area contributed by atoms with Gasteiger partial charge in [-0.05, 0) is 25.1 Å². The molecule has 144 valence electrons. The highest BCUT2D eigenvalue weighted by molar-refractivity contribution is 5.52. The summed E-state index contributed by atoms with van der Waals surface area (Å²) < 4.78 is 13.8. The predicted octanol–water partition coefficient (Wildman–Crippen LogP) is 3.86. The van der Waals surface area contributed by atoms with Gasteiger partial charge in [0.1, 0.15) is 23.3 Å². The molecule has 1 aromatic heterocycles. The molecule has 2 heterocycles. The summed E-state index contributed by atoms with van der Waals surface area (Å²) in [6.07, 6.45) is 0. The number of aryl methyl sites for hydroxylation is 1. The first-order valence-electron chi connectivity index (χ1n) is 9.57. The number of aromatic nitrogens is 2. The van der Waals surface area contributed by atoms with Gasteiger partial charge in [-0.15, -0.1) is 0 Å². The van der Waals surface area contributed by atoms with Crippen LogP contribution in [0.1, 0.15) is 11.4 Å². The lowest BCUT2D eigenvalue weighted by Crippen LogP contribution is -2.46. The first kappa shape index (κ1) is 18.2. The number of halogens is 1. The van der Waals surface area contributed by atoms with Crippen LogP contribution in [0, 0.1) is 12.7 Å². The summed E-state index contributed by atoms with van der Waals surface area (Å²) in [5.41, 5.74) is 1.88. The zero-order chi connectivity index (χ0) is 19.3. The molecule has 5 nitrogen and oxygen atoms in total. The lowest BCUT2D eigenvalue weighted by Gasteiger charge is -2.36. The summed E-state index contributed by atoms with van der Waals surface area (Å²) in [5, 5.41) is 3.23. The molecule has 1 N–H and O–H groups in total. The van der Waals surface area contributed by atoms with Gasteiger partial charge in [-0.25, -0.2) is 14.4 Å². The van der Waals surface area contributed by atoms with Crippen molar-refractivity contribution in [3.05, 3.63) is 77.9 Å². The molecular weight excluding hydrogens is 353 g/mol. The Hall–Kier alpha value is -3.15. The molecule has 2 aromatic carbocycles. The monoisotopic (exact) mass is 377 g/mol. The molecule has 0 saturated carbocycles. The Bertz CT molecular complexity index is 923. The average Bonchev–Trinajstić information content (AvgIpc) is 2.74. The number of rotatable bonds is 5. The van der Waals surface area contributed by atoms with Crippen LogP contribution >= 0.6 is 0 Å². The van der Waals surface area contributed by atoms with Gasteiger partial charge in [-0.3, -0.25) is 0 Å². The molecule has 1 aliphatic rings. The van der Waals surface area contributed by atoms with Crippen LogP contribution in [0.15, 0.2) is 60.7 Å². The van der Waals surface area contributed by atoms with E-state index >= 15 is 0 Å². The van der Waals surface area contributed by atoms with E-state index in [-0.39, 0.29) is 5.82 Å².